The molecule has 0 bridgehead atoms. The van der Waals surface area contributed by atoms with Crippen LogP contribution in [-0.2, 0) is 0 Å². The van der Waals surface area contributed by atoms with Gasteiger partial charge in [-0.1, -0.05) is 0 Å². The van der Waals surface area contributed by atoms with Gasteiger partial charge in [0, 0.05) is 12.3 Å². The first-order valence-electron chi connectivity index (χ1n) is 3.40. The minimum absolute atomic E-state index is 0.126. The molecule has 2 heterocycles. The van der Waals surface area contributed by atoms with Crippen LogP contribution in [-0.4, -0.2) is 19.7 Å². The maximum atomic E-state index is 10.7. The fourth-order valence-corrected chi connectivity index (χ4v) is 0.886. The van der Waals surface area contributed by atoms with Gasteiger partial charge in [-0.3, -0.25) is 4.79 Å². The lowest BCUT2D eigenvalue weighted by Gasteiger charge is -1.96. The quantitative estimate of drug-likeness (QED) is 0.639. The van der Waals surface area contributed by atoms with E-state index >= 15 is 0 Å². The molecule has 0 aliphatic heterocycles. The maximum absolute atomic E-state index is 10.7. The van der Waals surface area contributed by atoms with Crippen molar-refractivity contribution in [1.82, 2.24) is 19.7 Å². The second kappa shape index (κ2) is 2.61. The van der Waals surface area contributed by atoms with Gasteiger partial charge in [0.25, 0.3) is 0 Å². The Hall–Kier alpha value is -1.91. The molecular formula is C7H6N4O. The zero-order valence-electron chi connectivity index (χ0n) is 6.14. The predicted octanol–water partition coefficient (Wildman–Crippen LogP) is -0.0444. The molecule has 0 aliphatic carbocycles. The summed E-state index contributed by atoms with van der Waals surface area (Å²) in [5.74, 6) is 0. The van der Waals surface area contributed by atoms with E-state index in [1.165, 1.54) is 12.4 Å². The summed E-state index contributed by atoms with van der Waals surface area (Å²) in [7, 11) is 0. The molecule has 0 spiro atoms. The summed E-state index contributed by atoms with van der Waals surface area (Å²) >= 11 is 0. The second-order valence-electron chi connectivity index (χ2n) is 2.25. The predicted molar refractivity (Wildman–Crippen MR) is 42.0 cm³/mol. The lowest BCUT2D eigenvalue weighted by atomic mass is 10.4. The number of hydrogen-bond acceptors (Lipinski definition) is 3. The molecule has 60 valence electrons. The van der Waals surface area contributed by atoms with Crippen molar-refractivity contribution in [2.24, 2.45) is 0 Å². The van der Waals surface area contributed by atoms with E-state index in [1.54, 1.807) is 23.3 Å². The van der Waals surface area contributed by atoms with Crippen molar-refractivity contribution in [2.45, 2.75) is 0 Å². The van der Waals surface area contributed by atoms with Crippen molar-refractivity contribution in [3.8, 4) is 5.69 Å². The molecule has 2 rings (SSSR count). The van der Waals surface area contributed by atoms with Gasteiger partial charge in [0.05, 0.1) is 5.69 Å². The smallest absolute Gasteiger partial charge is 0.248 e. The van der Waals surface area contributed by atoms with Gasteiger partial charge in [-0.2, -0.15) is 5.10 Å². The van der Waals surface area contributed by atoms with Gasteiger partial charge in [0.15, 0.2) is 0 Å². The molecule has 0 atom stereocenters. The Kier molecular flexibility index (Phi) is 1.48. The van der Waals surface area contributed by atoms with Crippen LogP contribution in [0.3, 0.4) is 0 Å². The van der Waals surface area contributed by atoms with E-state index in [9.17, 15) is 4.79 Å². The molecule has 2 aromatic rings. The summed E-state index contributed by atoms with van der Waals surface area (Å²) in [6.07, 6.45) is 4.58. The number of aromatic nitrogens is 4. The SMILES string of the molecule is O=c1ccc(-n2cncn2)c[nH]1. The number of aromatic amines is 1. The highest BCUT2D eigenvalue weighted by atomic mass is 16.1. The third-order valence-corrected chi connectivity index (χ3v) is 1.45. The van der Waals surface area contributed by atoms with Crippen LogP contribution in [0.4, 0.5) is 0 Å². The number of nitrogens with zero attached hydrogens (tertiary/aromatic N) is 3. The fourth-order valence-electron chi connectivity index (χ4n) is 0.886. The average molecular weight is 162 g/mol. The number of pyridine rings is 1. The van der Waals surface area contributed by atoms with Crippen molar-refractivity contribution in [3.63, 3.8) is 0 Å². The van der Waals surface area contributed by atoms with Crippen LogP contribution in [0.15, 0.2) is 35.8 Å². The van der Waals surface area contributed by atoms with Gasteiger partial charge in [-0.05, 0) is 6.07 Å². The Morgan fingerprint density at radius 1 is 1.42 bits per heavy atom. The molecule has 0 amide bonds. The largest absolute Gasteiger partial charge is 0.327 e. The van der Waals surface area contributed by atoms with Crippen LogP contribution >= 0.6 is 0 Å². The van der Waals surface area contributed by atoms with Crippen LogP contribution < -0.4 is 5.56 Å². The maximum Gasteiger partial charge on any atom is 0.248 e. The highest BCUT2D eigenvalue weighted by Crippen LogP contribution is 1.97. The number of hydrogen-bond donors (Lipinski definition) is 1. The summed E-state index contributed by atoms with van der Waals surface area (Å²) in [6, 6.07) is 3.12. The first-order valence-corrected chi connectivity index (χ1v) is 3.40. The average Bonchev–Trinajstić information content (AvgIpc) is 2.58. The van der Waals surface area contributed by atoms with Gasteiger partial charge >= 0.3 is 0 Å². The van der Waals surface area contributed by atoms with Gasteiger partial charge in [-0.25, -0.2) is 9.67 Å². The lowest BCUT2D eigenvalue weighted by Crippen LogP contribution is -2.04. The van der Waals surface area contributed by atoms with Crippen LogP contribution in [0.1, 0.15) is 0 Å². The molecule has 0 aliphatic rings. The van der Waals surface area contributed by atoms with Crippen molar-refractivity contribution in [1.29, 1.82) is 0 Å². The van der Waals surface area contributed by atoms with Crippen molar-refractivity contribution < 1.29 is 0 Å². The van der Waals surface area contributed by atoms with Crippen LogP contribution in [0.5, 0.6) is 0 Å². The fraction of sp³-hybridized carbons (Fsp3) is 0. The van der Waals surface area contributed by atoms with Crippen LogP contribution in [0.25, 0.3) is 5.69 Å². The zero-order valence-corrected chi connectivity index (χ0v) is 6.14. The second-order valence-corrected chi connectivity index (χ2v) is 2.25. The first-order chi connectivity index (χ1) is 5.86. The summed E-state index contributed by atoms with van der Waals surface area (Å²) in [5, 5.41) is 3.90. The Bertz CT molecular complexity index is 397. The molecule has 0 aromatic carbocycles. The van der Waals surface area contributed by atoms with Gasteiger partial charge in [0.1, 0.15) is 12.7 Å². The van der Waals surface area contributed by atoms with Gasteiger partial charge in [0.2, 0.25) is 5.56 Å². The Balaban J connectivity index is 2.49. The molecular weight excluding hydrogens is 156 g/mol. The molecule has 12 heavy (non-hydrogen) atoms. The molecule has 2 aromatic heterocycles. The van der Waals surface area contributed by atoms with E-state index in [0.717, 1.165) is 5.69 Å². The van der Waals surface area contributed by atoms with Gasteiger partial charge in [-0.15, -0.1) is 0 Å². The normalized spacial score (nSPS) is 10.0. The van der Waals surface area contributed by atoms with Crippen molar-refractivity contribution in [2.75, 3.05) is 0 Å². The van der Waals surface area contributed by atoms with E-state index in [-0.39, 0.29) is 5.56 Å². The summed E-state index contributed by atoms with van der Waals surface area (Å²) in [6.45, 7) is 0. The Morgan fingerprint density at radius 2 is 2.33 bits per heavy atom. The monoisotopic (exact) mass is 162 g/mol. The summed E-state index contributed by atoms with van der Waals surface area (Å²) in [4.78, 5) is 17.0. The first kappa shape index (κ1) is 6.78. The van der Waals surface area contributed by atoms with Crippen LogP contribution in [0.2, 0.25) is 0 Å². The van der Waals surface area contributed by atoms with Crippen LogP contribution in [0, 0.1) is 0 Å². The summed E-state index contributed by atoms with van der Waals surface area (Å²) in [5.41, 5.74) is 0.658. The standard InChI is InChI=1S/C7H6N4O/c12-7-2-1-6(3-9-7)11-5-8-4-10-11/h1-5H,(H,9,12). The minimum Gasteiger partial charge on any atom is -0.327 e. The Morgan fingerprint density at radius 3 is 2.92 bits per heavy atom. The van der Waals surface area contributed by atoms with E-state index in [4.69, 9.17) is 0 Å². The van der Waals surface area contributed by atoms with E-state index in [0.29, 0.717) is 0 Å². The molecule has 5 heteroatoms. The molecule has 0 saturated carbocycles. The number of H-pyrrole nitrogens is 1. The highest BCUT2D eigenvalue weighted by Gasteiger charge is 1.93. The number of rotatable bonds is 1. The topological polar surface area (TPSA) is 63.6 Å². The molecule has 0 unspecified atom stereocenters. The van der Waals surface area contributed by atoms with Crippen molar-refractivity contribution in [3.05, 3.63) is 41.3 Å². The number of nitrogens with one attached hydrogen (secondary N) is 1. The minimum atomic E-state index is -0.126. The molecule has 0 fully saturated rings. The van der Waals surface area contributed by atoms with Gasteiger partial charge < -0.3 is 4.98 Å². The lowest BCUT2D eigenvalue weighted by molar-refractivity contribution is 0.870. The third kappa shape index (κ3) is 1.12. The molecule has 0 radical (unpaired) electrons. The molecule has 5 nitrogen and oxygen atoms in total. The highest BCUT2D eigenvalue weighted by molar-refractivity contribution is 5.24. The van der Waals surface area contributed by atoms with E-state index in [2.05, 4.69) is 15.1 Å². The van der Waals surface area contributed by atoms with E-state index in [1.807, 2.05) is 0 Å². The Labute approximate surface area is 67.7 Å². The molecule has 1 N–H and O–H groups in total. The third-order valence-electron chi connectivity index (χ3n) is 1.45. The van der Waals surface area contributed by atoms with E-state index < -0.39 is 0 Å². The zero-order chi connectivity index (χ0) is 8.39. The van der Waals surface area contributed by atoms with Crippen molar-refractivity contribution >= 4 is 0 Å². The summed E-state index contributed by atoms with van der Waals surface area (Å²) < 4.78 is 1.57. The molecule has 0 saturated heterocycles.